The van der Waals surface area contributed by atoms with Crippen molar-refractivity contribution in [2.45, 2.75) is 51.2 Å². The van der Waals surface area contributed by atoms with Crippen LogP contribution in [0.5, 0.6) is 0 Å². The molecule has 1 aliphatic carbocycles. The SMILES string of the molecule is C/C1=C/CCC2(C)ON(c3ccccc3)C(C(=O)Nc3ccccc3)C2CC1. The van der Waals surface area contributed by atoms with Crippen molar-refractivity contribution in [2.75, 3.05) is 10.4 Å². The molecule has 4 heteroatoms. The fraction of sp³-hybridized carbons (Fsp3) is 0.375. The van der Waals surface area contributed by atoms with E-state index in [1.54, 1.807) is 0 Å². The van der Waals surface area contributed by atoms with Gasteiger partial charge in [0.2, 0.25) is 5.91 Å². The van der Waals surface area contributed by atoms with Crippen LogP contribution >= 0.6 is 0 Å². The second-order valence-electron chi connectivity index (χ2n) is 8.10. The third-order valence-electron chi connectivity index (χ3n) is 6.03. The quantitative estimate of drug-likeness (QED) is 0.735. The second kappa shape index (κ2) is 7.80. The molecule has 146 valence electrons. The lowest BCUT2D eigenvalue weighted by atomic mass is 9.76. The van der Waals surface area contributed by atoms with Crippen LogP contribution < -0.4 is 10.4 Å². The summed E-state index contributed by atoms with van der Waals surface area (Å²) in [5.41, 5.74) is 2.79. The van der Waals surface area contributed by atoms with Gasteiger partial charge in [-0.1, -0.05) is 48.0 Å². The number of allylic oxidation sites excluding steroid dienone is 2. The van der Waals surface area contributed by atoms with Crippen LogP contribution in [0.15, 0.2) is 72.3 Å². The Kier molecular flexibility index (Phi) is 5.23. The number of amides is 1. The molecular weight excluding hydrogens is 348 g/mol. The minimum Gasteiger partial charge on any atom is -0.324 e. The molecule has 4 rings (SSSR count). The molecule has 28 heavy (non-hydrogen) atoms. The predicted octanol–water partition coefficient (Wildman–Crippen LogP) is 5.34. The molecule has 2 aliphatic rings. The highest BCUT2D eigenvalue weighted by atomic mass is 16.7. The number of carbonyl (C=O) groups is 1. The summed E-state index contributed by atoms with van der Waals surface area (Å²) in [7, 11) is 0. The summed E-state index contributed by atoms with van der Waals surface area (Å²) < 4.78 is 0. The summed E-state index contributed by atoms with van der Waals surface area (Å²) in [5.74, 6) is 0.117. The zero-order valence-electron chi connectivity index (χ0n) is 16.6. The molecule has 1 aliphatic heterocycles. The van der Waals surface area contributed by atoms with Gasteiger partial charge in [0.05, 0.1) is 11.3 Å². The highest BCUT2D eigenvalue weighted by Gasteiger charge is 2.54. The number of fused-ring (bicyclic) bond motifs is 1. The van der Waals surface area contributed by atoms with E-state index in [4.69, 9.17) is 4.84 Å². The number of rotatable bonds is 3. The minimum atomic E-state index is -0.362. The Balaban J connectivity index is 1.68. The molecule has 1 fully saturated rings. The van der Waals surface area contributed by atoms with Crippen LogP contribution in [0.2, 0.25) is 0 Å². The van der Waals surface area contributed by atoms with E-state index in [0.717, 1.165) is 37.1 Å². The fourth-order valence-corrected chi connectivity index (χ4v) is 4.45. The largest absolute Gasteiger partial charge is 0.324 e. The molecule has 0 bridgehead atoms. The van der Waals surface area contributed by atoms with Gasteiger partial charge in [0.15, 0.2) is 0 Å². The van der Waals surface area contributed by atoms with E-state index in [0.29, 0.717) is 0 Å². The van der Waals surface area contributed by atoms with Gasteiger partial charge in [0.25, 0.3) is 0 Å². The number of hydrogen-bond acceptors (Lipinski definition) is 3. The van der Waals surface area contributed by atoms with Gasteiger partial charge in [-0.25, -0.2) is 5.06 Å². The molecule has 3 unspecified atom stereocenters. The molecule has 1 heterocycles. The Morgan fingerprint density at radius 1 is 1.11 bits per heavy atom. The standard InChI is InChI=1S/C24H28N2O2/c1-18-10-9-17-24(2)21(16-15-18)22(23(27)25-19-11-5-3-6-12-19)26(28-24)20-13-7-4-8-14-20/h3-8,10-14,21-22H,9,15-17H2,1-2H3,(H,25,27)/b18-10-. The van der Waals surface area contributed by atoms with Crippen LogP contribution in [0, 0.1) is 5.92 Å². The van der Waals surface area contributed by atoms with Gasteiger partial charge >= 0.3 is 0 Å². The second-order valence-corrected chi connectivity index (χ2v) is 8.10. The summed E-state index contributed by atoms with van der Waals surface area (Å²) in [6, 6.07) is 19.3. The lowest BCUT2D eigenvalue weighted by molar-refractivity contribution is -0.118. The van der Waals surface area contributed by atoms with E-state index >= 15 is 0 Å². The molecule has 3 atom stereocenters. The van der Waals surface area contributed by atoms with Crippen molar-refractivity contribution in [3.05, 3.63) is 72.3 Å². The Morgan fingerprint density at radius 3 is 2.50 bits per heavy atom. The highest BCUT2D eigenvalue weighted by molar-refractivity contribution is 5.97. The maximum absolute atomic E-state index is 13.4. The van der Waals surface area contributed by atoms with Gasteiger partial charge in [-0.05, 0) is 63.8 Å². The van der Waals surface area contributed by atoms with Crippen molar-refractivity contribution < 1.29 is 9.63 Å². The first kappa shape index (κ1) is 18.8. The van der Waals surface area contributed by atoms with E-state index < -0.39 is 0 Å². The van der Waals surface area contributed by atoms with Gasteiger partial charge in [-0.3, -0.25) is 9.63 Å². The maximum atomic E-state index is 13.4. The van der Waals surface area contributed by atoms with Crippen LogP contribution in [0.3, 0.4) is 0 Å². The molecule has 0 spiro atoms. The number of nitrogens with one attached hydrogen (secondary N) is 1. The van der Waals surface area contributed by atoms with Crippen LogP contribution in [0.1, 0.15) is 39.5 Å². The number of benzene rings is 2. The van der Waals surface area contributed by atoms with E-state index in [-0.39, 0.29) is 23.5 Å². The van der Waals surface area contributed by atoms with E-state index in [9.17, 15) is 4.79 Å². The van der Waals surface area contributed by atoms with Crippen molar-refractivity contribution in [2.24, 2.45) is 5.92 Å². The first-order chi connectivity index (χ1) is 13.6. The lowest BCUT2D eigenvalue weighted by Crippen LogP contribution is -2.44. The number of hydroxylamine groups is 1. The molecule has 0 saturated carbocycles. The normalized spacial score (nSPS) is 29.2. The highest BCUT2D eigenvalue weighted by Crippen LogP contribution is 2.46. The summed E-state index contributed by atoms with van der Waals surface area (Å²) in [6.45, 7) is 4.35. The number of anilines is 2. The van der Waals surface area contributed by atoms with E-state index in [2.05, 4.69) is 25.2 Å². The predicted molar refractivity (Wildman–Crippen MR) is 113 cm³/mol. The first-order valence-corrected chi connectivity index (χ1v) is 10.1. The zero-order valence-corrected chi connectivity index (χ0v) is 16.6. The van der Waals surface area contributed by atoms with Gasteiger partial charge < -0.3 is 5.32 Å². The smallest absolute Gasteiger partial charge is 0.250 e. The molecule has 1 saturated heterocycles. The third-order valence-corrected chi connectivity index (χ3v) is 6.03. The maximum Gasteiger partial charge on any atom is 0.250 e. The Labute approximate surface area is 167 Å². The first-order valence-electron chi connectivity index (χ1n) is 10.1. The van der Waals surface area contributed by atoms with Gasteiger partial charge in [-0.15, -0.1) is 0 Å². The monoisotopic (exact) mass is 376 g/mol. The fourth-order valence-electron chi connectivity index (χ4n) is 4.45. The molecule has 1 N–H and O–H groups in total. The number of para-hydroxylation sites is 2. The third kappa shape index (κ3) is 3.69. The minimum absolute atomic E-state index is 0.00835. The molecule has 2 aromatic carbocycles. The summed E-state index contributed by atoms with van der Waals surface area (Å²) in [6.07, 6.45) is 6.15. The zero-order chi connectivity index (χ0) is 19.6. The summed E-state index contributed by atoms with van der Waals surface area (Å²) in [4.78, 5) is 20.0. The van der Waals surface area contributed by atoms with Crippen LogP contribution in [-0.4, -0.2) is 17.6 Å². The van der Waals surface area contributed by atoms with E-state index in [1.807, 2.05) is 65.7 Å². The topological polar surface area (TPSA) is 41.6 Å². The average Bonchev–Trinajstić information content (AvgIpc) is 2.98. The molecule has 2 aromatic rings. The van der Waals surface area contributed by atoms with Crippen LogP contribution in [0.4, 0.5) is 11.4 Å². The van der Waals surface area contributed by atoms with Crippen molar-refractivity contribution in [1.29, 1.82) is 0 Å². The van der Waals surface area contributed by atoms with Crippen molar-refractivity contribution in [3.8, 4) is 0 Å². The number of carbonyl (C=O) groups excluding carboxylic acids is 1. The summed E-state index contributed by atoms with van der Waals surface area (Å²) >= 11 is 0. The summed E-state index contributed by atoms with van der Waals surface area (Å²) in [5, 5.41) is 4.96. The Morgan fingerprint density at radius 2 is 1.79 bits per heavy atom. The Hall–Kier alpha value is -2.59. The van der Waals surface area contributed by atoms with Crippen molar-refractivity contribution >= 4 is 17.3 Å². The molecular formula is C24H28N2O2. The molecule has 0 radical (unpaired) electrons. The lowest BCUT2D eigenvalue weighted by Gasteiger charge is -2.31. The molecule has 0 aromatic heterocycles. The molecule has 4 nitrogen and oxygen atoms in total. The van der Waals surface area contributed by atoms with Crippen molar-refractivity contribution in [1.82, 2.24) is 0 Å². The average molecular weight is 377 g/mol. The number of nitrogens with zero attached hydrogens (tertiary/aromatic N) is 1. The van der Waals surface area contributed by atoms with Crippen LogP contribution in [0.25, 0.3) is 0 Å². The number of hydrogen-bond donors (Lipinski definition) is 1. The van der Waals surface area contributed by atoms with Crippen LogP contribution in [-0.2, 0) is 9.63 Å². The van der Waals surface area contributed by atoms with Gasteiger partial charge in [0, 0.05) is 11.6 Å². The van der Waals surface area contributed by atoms with Gasteiger partial charge in [-0.2, -0.15) is 0 Å². The van der Waals surface area contributed by atoms with E-state index in [1.165, 1.54) is 5.57 Å². The Bertz CT molecular complexity index is 849. The molecule has 1 amide bonds. The van der Waals surface area contributed by atoms with Crippen molar-refractivity contribution in [3.63, 3.8) is 0 Å². The van der Waals surface area contributed by atoms with Gasteiger partial charge in [0.1, 0.15) is 6.04 Å².